The fourth-order valence-electron chi connectivity index (χ4n) is 5.29. The van der Waals surface area contributed by atoms with E-state index in [2.05, 4.69) is 189 Å². The van der Waals surface area contributed by atoms with Crippen LogP contribution in [0.1, 0.15) is 0 Å². The van der Waals surface area contributed by atoms with Crippen molar-refractivity contribution in [1.82, 2.24) is 0 Å². The molecule has 0 amide bonds. The fourth-order valence-corrected chi connectivity index (χ4v) is 23.6. The summed E-state index contributed by atoms with van der Waals surface area (Å²) in [5, 5.41) is 4.34. The number of rotatable bonds is 11. The van der Waals surface area contributed by atoms with Crippen LogP contribution in [0.3, 0.4) is 0 Å². The Bertz CT molecular complexity index is 1430. The molecule has 6 aromatic carbocycles. The van der Waals surface area contributed by atoms with E-state index in [1.807, 2.05) is 0 Å². The first-order valence-corrected chi connectivity index (χ1v) is 24.0. The van der Waals surface area contributed by atoms with Crippen LogP contribution in [0, 0.1) is 37.6 Å². The maximum atomic E-state index is 7.50. The van der Waals surface area contributed by atoms with E-state index in [1.54, 1.807) is 28.8 Å². The quantitative estimate of drug-likeness (QED) is 0.0752. The summed E-state index contributed by atoms with van der Waals surface area (Å²) in [6, 6.07) is 69.0. The van der Waals surface area contributed by atoms with Crippen molar-refractivity contribution in [2.24, 2.45) is 0 Å². The van der Waals surface area contributed by atoms with Crippen molar-refractivity contribution < 1.29 is 30.4 Å². The van der Waals surface area contributed by atoms with Gasteiger partial charge in [-0.1, -0.05) is 0 Å². The van der Waals surface area contributed by atoms with Crippen molar-refractivity contribution in [2.45, 2.75) is 10.4 Å². The number of hydrogen-bond donors (Lipinski definition) is 0. The molecule has 0 aliphatic heterocycles. The number of benzene rings is 5. The molecule has 6 heteroatoms. The third-order valence-corrected chi connectivity index (χ3v) is 24.1. The van der Waals surface area contributed by atoms with Gasteiger partial charge in [0.2, 0.25) is 0 Å². The van der Waals surface area contributed by atoms with Crippen LogP contribution in [0.2, 0.25) is 10.4 Å². The van der Waals surface area contributed by atoms with Gasteiger partial charge in [-0.25, -0.2) is 0 Å². The molecule has 6 rings (SSSR count). The summed E-state index contributed by atoms with van der Waals surface area (Å²) in [6.45, 7) is 9.00. The molecule has 0 spiro atoms. The zero-order chi connectivity index (χ0) is 32.7. The Morgan fingerprint density at radius 3 is 1.00 bits per heavy atom. The normalized spacial score (nSPS) is 9.85. The van der Waals surface area contributed by atoms with Gasteiger partial charge in [0.25, 0.3) is 0 Å². The van der Waals surface area contributed by atoms with E-state index in [9.17, 15) is 0 Å². The van der Waals surface area contributed by atoms with Crippen LogP contribution >= 0.6 is 7.92 Å². The van der Waals surface area contributed by atoms with Gasteiger partial charge < -0.3 is 30.3 Å². The van der Waals surface area contributed by atoms with E-state index in [4.69, 9.17) is 9.30 Å². The molecule has 0 fully saturated rings. The molecule has 236 valence electrons. The van der Waals surface area contributed by atoms with Crippen LogP contribution in [0.5, 0.6) is 0 Å². The molecule has 0 bridgehead atoms. The van der Waals surface area contributed by atoms with Crippen molar-refractivity contribution in [3.8, 4) is 0 Å². The second kappa shape index (κ2) is 25.2. The zero-order valence-corrected chi connectivity index (χ0v) is 33.3. The second-order valence-electron chi connectivity index (χ2n) is 10.1. The third-order valence-electron chi connectivity index (χ3n) is 7.38. The first-order chi connectivity index (χ1) is 22.9. The molecule has 0 heterocycles. The molecule has 0 aliphatic rings. The summed E-state index contributed by atoms with van der Waals surface area (Å²) >= 11 is -3.20. The van der Waals surface area contributed by atoms with Gasteiger partial charge in [0.05, 0.1) is 0 Å². The molecule has 0 saturated heterocycles. The maximum absolute atomic E-state index is 7.50. The fraction of sp³-hybridized carbons (Fsp3) is 0.0976. The molecule has 6 aromatic rings. The van der Waals surface area contributed by atoms with Gasteiger partial charge in [0.1, 0.15) is 0 Å². The Morgan fingerprint density at radius 1 is 0.468 bits per heavy atom. The van der Waals surface area contributed by atoms with Gasteiger partial charge in [0.15, 0.2) is 0 Å². The van der Waals surface area contributed by atoms with Crippen LogP contribution in [-0.2, 0) is 30.4 Å². The Balaban J connectivity index is 0.000000682. The molecule has 0 atom stereocenters. The van der Waals surface area contributed by atoms with Crippen molar-refractivity contribution in [2.75, 3.05) is 12.3 Å². The summed E-state index contributed by atoms with van der Waals surface area (Å²) < 4.78 is 21.4. The van der Waals surface area contributed by atoms with E-state index >= 15 is 0 Å². The van der Waals surface area contributed by atoms with Gasteiger partial charge in [0, 0.05) is 0 Å². The van der Waals surface area contributed by atoms with Gasteiger partial charge in [-0.05, 0) is 0 Å². The first-order valence-electron chi connectivity index (χ1n) is 15.0. The minimum absolute atomic E-state index is 0. The molecule has 2 nitrogen and oxygen atoms in total. The number of hydrogen-bond acceptors (Lipinski definition) is 0. The van der Waals surface area contributed by atoms with E-state index < -0.39 is 37.2 Å². The average molecular weight is 839 g/mol. The predicted octanol–water partition coefficient (Wildman–Crippen LogP) is 5.14. The van der Waals surface area contributed by atoms with Gasteiger partial charge in [-0.3, -0.25) is 0 Å². The standard InChI is InChI=1S/C34H35As2P.C5H.2CO.Mo/c1-6-16-30(17-7-1)35(31-18-8-2-9-19-31)26-28-37(34-24-14-5-15-25-34)29-27-36(32-20-10-3-11-21-32)33-22-12-4-13-23-33;1-2-4-5-3-1;2*1-2;/h1-25,35-36H,26-29H2;1H;;;/q;-5;;;+2/p+1. The van der Waals surface area contributed by atoms with E-state index in [-0.39, 0.29) is 21.1 Å². The van der Waals surface area contributed by atoms with Crippen molar-refractivity contribution in [1.29, 1.82) is 0 Å². The molecular weight excluding hydrogens is 801 g/mol. The molecule has 0 N–H and O–H groups in total. The molecule has 0 saturated carbocycles. The van der Waals surface area contributed by atoms with E-state index in [1.165, 1.54) is 22.7 Å². The molecule has 0 aromatic heterocycles. The van der Waals surface area contributed by atoms with Crippen molar-refractivity contribution in [3.63, 3.8) is 0 Å². The Hall–Kier alpha value is -2.83. The first kappa shape index (κ1) is 40.3. The monoisotopic (exact) mass is 840 g/mol. The summed E-state index contributed by atoms with van der Waals surface area (Å²) in [4.78, 5) is 0. The van der Waals surface area contributed by atoms with Crippen LogP contribution < -0.4 is 22.7 Å². The molecule has 0 unspecified atom stereocenters. The molecular formula is C41H37As2MoO2P-2. The van der Waals surface area contributed by atoms with E-state index in [0.29, 0.717) is 0 Å². The van der Waals surface area contributed by atoms with Gasteiger partial charge in [-0.15, -0.1) is 0 Å². The predicted molar refractivity (Wildman–Crippen MR) is 198 cm³/mol. The molecule has 47 heavy (non-hydrogen) atoms. The van der Waals surface area contributed by atoms with Gasteiger partial charge >= 0.3 is 278 Å². The van der Waals surface area contributed by atoms with Crippen molar-refractivity contribution in [3.05, 3.63) is 195 Å². The molecule has 2 radical (unpaired) electrons. The van der Waals surface area contributed by atoms with Crippen LogP contribution in [0.4, 0.5) is 0 Å². The Kier molecular flexibility index (Phi) is 21.6. The topological polar surface area (TPSA) is 39.8 Å². The third kappa shape index (κ3) is 14.0. The van der Waals surface area contributed by atoms with E-state index in [0.717, 1.165) is 0 Å². The Labute approximate surface area is 306 Å². The zero-order valence-electron chi connectivity index (χ0n) is 26.1. The SMILES string of the molecule is [C-]#[O+].[C-]#[O+].[Mo+2].[c-]1[c-][c-][cH-][c-]1.c1ccc([PH+](CC[AsH](c2ccccc2)c2ccccc2)CC[AsH](c2ccccc2)c2ccccc2)cc1. The molecule has 0 aliphatic carbocycles. The van der Waals surface area contributed by atoms with Crippen molar-refractivity contribution >= 4 is 59.9 Å². The Morgan fingerprint density at radius 2 is 0.745 bits per heavy atom. The second-order valence-corrected chi connectivity index (χ2v) is 23.8. The summed E-state index contributed by atoms with van der Waals surface area (Å²) in [5.41, 5.74) is 0. The van der Waals surface area contributed by atoms with Gasteiger partial charge in [-0.2, -0.15) is 0 Å². The summed E-state index contributed by atoms with van der Waals surface area (Å²) in [6.07, 6.45) is 2.73. The van der Waals surface area contributed by atoms with Crippen LogP contribution in [0.15, 0.2) is 158 Å². The average Bonchev–Trinajstić information content (AvgIpc) is 3.76. The summed E-state index contributed by atoms with van der Waals surface area (Å²) in [7, 11) is -0.657. The minimum atomic E-state index is -1.60. The van der Waals surface area contributed by atoms with Crippen LogP contribution in [-0.4, -0.2) is 41.6 Å². The summed E-state index contributed by atoms with van der Waals surface area (Å²) in [5.74, 6) is 0. The van der Waals surface area contributed by atoms with Crippen LogP contribution in [0.25, 0.3) is 0 Å².